The molecule has 0 fully saturated rings. The zero-order valence-corrected chi connectivity index (χ0v) is 8.51. The van der Waals surface area contributed by atoms with Crippen molar-refractivity contribution in [3.8, 4) is 0 Å². The lowest BCUT2D eigenvalue weighted by Gasteiger charge is -2.03. The number of nitrogens with one attached hydrogen (secondary N) is 1. The number of hydrogen-bond acceptors (Lipinski definition) is 5. The van der Waals surface area contributed by atoms with E-state index in [0.29, 0.717) is 6.54 Å². The molecule has 0 spiro atoms. The molecule has 0 aliphatic rings. The molecule has 0 saturated heterocycles. The van der Waals surface area contributed by atoms with Crippen LogP contribution in [0.25, 0.3) is 0 Å². The van der Waals surface area contributed by atoms with Gasteiger partial charge in [0.05, 0.1) is 12.7 Å². The number of carbonyl (C=O) groups is 1. The van der Waals surface area contributed by atoms with Gasteiger partial charge < -0.3 is 5.11 Å². The first-order chi connectivity index (χ1) is 6.99. The van der Waals surface area contributed by atoms with Crippen LogP contribution in [0.15, 0.2) is 12.4 Å². The summed E-state index contributed by atoms with van der Waals surface area (Å²) >= 11 is 0. The summed E-state index contributed by atoms with van der Waals surface area (Å²) in [6.07, 6.45) is 3.04. The number of nitrogens with zero attached hydrogens (tertiary/aromatic N) is 3. The Morgan fingerprint density at radius 2 is 2.27 bits per heavy atom. The smallest absolute Gasteiger partial charge is 0.320 e. The summed E-state index contributed by atoms with van der Waals surface area (Å²) in [4.78, 5) is 10.2. The van der Waals surface area contributed by atoms with Crippen LogP contribution in [0, 0.1) is 0 Å². The lowest BCUT2D eigenvalue weighted by atomic mass is 10.6. The number of rotatable bonds is 6. The van der Waals surface area contributed by atoms with Gasteiger partial charge in [-0.05, 0) is 0 Å². The quantitative estimate of drug-likeness (QED) is 0.605. The summed E-state index contributed by atoms with van der Waals surface area (Å²) in [6.45, 7) is 0.387. The minimum Gasteiger partial charge on any atom is -0.480 e. The maximum absolute atomic E-state index is 11.0. The largest absolute Gasteiger partial charge is 0.480 e. The molecular formula is C6H10N4O4S. The van der Waals surface area contributed by atoms with Crippen LogP contribution in [0.1, 0.15) is 0 Å². The SMILES string of the molecule is O=C(O)CS(=O)(=O)NCCn1ccnn1. The van der Waals surface area contributed by atoms with Gasteiger partial charge in [-0.2, -0.15) is 0 Å². The predicted octanol–water partition coefficient (Wildman–Crippen LogP) is -1.72. The first-order valence-corrected chi connectivity index (χ1v) is 5.68. The molecule has 0 aromatic carbocycles. The zero-order chi connectivity index (χ0) is 11.3. The Kier molecular flexibility index (Phi) is 3.74. The van der Waals surface area contributed by atoms with Gasteiger partial charge in [0.25, 0.3) is 0 Å². The standard InChI is InChI=1S/C6H10N4O4S/c11-6(12)5-15(13,14)8-2-4-10-3-1-7-9-10/h1,3,8H,2,4-5H2,(H,11,12). The maximum atomic E-state index is 11.0. The molecule has 1 aromatic rings. The average Bonchev–Trinajstić information content (AvgIpc) is 2.53. The lowest BCUT2D eigenvalue weighted by molar-refractivity contribution is -0.134. The third-order valence-corrected chi connectivity index (χ3v) is 2.72. The first kappa shape index (κ1) is 11.6. The predicted molar refractivity (Wildman–Crippen MR) is 49.4 cm³/mol. The van der Waals surface area contributed by atoms with E-state index < -0.39 is 21.7 Å². The second kappa shape index (κ2) is 4.84. The van der Waals surface area contributed by atoms with Gasteiger partial charge in [-0.1, -0.05) is 5.21 Å². The summed E-state index contributed by atoms with van der Waals surface area (Å²) in [5.74, 6) is -2.31. The first-order valence-electron chi connectivity index (χ1n) is 4.03. The second-order valence-corrected chi connectivity index (χ2v) is 4.52. The van der Waals surface area contributed by atoms with Crippen LogP contribution in [0.5, 0.6) is 0 Å². The Morgan fingerprint density at radius 3 is 2.80 bits per heavy atom. The van der Waals surface area contributed by atoms with E-state index in [2.05, 4.69) is 15.0 Å². The van der Waals surface area contributed by atoms with E-state index in [4.69, 9.17) is 5.11 Å². The Bertz CT molecular complexity index is 412. The highest BCUT2D eigenvalue weighted by Crippen LogP contribution is 1.85. The number of aromatic nitrogens is 3. The Balaban J connectivity index is 2.34. The van der Waals surface area contributed by atoms with Gasteiger partial charge in [0, 0.05) is 12.7 Å². The van der Waals surface area contributed by atoms with Gasteiger partial charge in [-0.25, -0.2) is 13.1 Å². The normalized spacial score (nSPS) is 11.5. The number of sulfonamides is 1. The van der Waals surface area contributed by atoms with Crippen molar-refractivity contribution in [3.63, 3.8) is 0 Å². The molecule has 1 rings (SSSR count). The fraction of sp³-hybridized carbons (Fsp3) is 0.500. The molecule has 0 aliphatic carbocycles. The molecule has 9 heteroatoms. The number of aliphatic carboxylic acids is 1. The van der Waals surface area contributed by atoms with Gasteiger partial charge in [0.1, 0.15) is 0 Å². The average molecular weight is 234 g/mol. The second-order valence-electron chi connectivity index (χ2n) is 2.71. The molecule has 8 nitrogen and oxygen atoms in total. The highest BCUT2D eigenvalue weighted by molar-refractivity contribution is 7.90. The van der Waals surface area contributed by atoms with Crippen LogP contribution < -0.4 is 4.72 Å². The summed E-state index contributed by atoms with van der Waals surface area (Å²) in [5, 5.41) is 15.4. The summed E-state index contributed by atoms with van der Waals surface area (Å²) in [5.41, 5.74) is 0. The van der Waals surface area contributed by atoms with E-state index in [1.54, 1.807) is 6.20 Å². The summed E-state index contributed by atoms with van der Waals surface area (Å²) in [7, 11) is -3.75. The molecule has 0 atom stereocenters. The third-order valence-electron chi connectivity index (χ3n) is 1.45. The Hall–Kier alpha value is -1.48. The van der Waals surface area contributed by atoms with Crippen LogP contribution >= 0.6 is 0 Å². The van der Waals surface area contributed by atoms with E-state index in [0.717, 1.165) is 0 Å². The molecule has 15 heavy (non-hydrogen) atoms. The third kappa shape index (κ3) is 4.51. The molecule has 1 heterocycles. The van der Waals surface area contributed by atoms with E-state index >= 15 is 0 Å². The molecule has 84 valence electrons. The van der Waals surface area contributed by atoms with Crippen molar-refractivity contribution in [3.05, 3.63) is 12.4 Å². The topological polar surface area (TPSA) is 114 Å². The molecule has 1 aromatic heterocycles. The summed E-state index contributed by atoms with van der Waals surface area (Å²) in [6, 6.07) is 0. The van der Waals surface area contributed by atoms with Gasteiger partial charge in [0.15, 0.2) is 5.75 Å². The van der Waals surface area contributed by atoms with Crippen molar-refractivity contribution in [2.45, 2.75) is 6.54 Å². The highest BCUT2D eigenvalue weighted by atomic mass is 32.2. The lowest BCUT2D eigenvalue weighted by Crippen LogP contribution is -2.32. The van der Waals surface area contributed by atoms with Crippen LogP contribution in [0.3, 0.4) is 0 Å². The van der Waals surface area contributed by atoms with Crippen molar-refractivity contribution in [1.82, 2.24) is 19.7 Å². The molecule has 0 amide bonds. The molecule has 0 saturated carbocycles. The van der Waals surface area contributed by atoms with Gasteiger partial charge in [0.2, 0.25) is 10.0 Å². The fourth-order valence-corrected chi connectivity index (χ4v) is 1.71. The Morgan fingerprint density at radius 1 is 1.53 bits per heavy atom. The van der Waals surface area contributed by atoms with Crippen molar-refractivity contribution >= 4 is 16.0 Å². The van der Waals surface area contributed by atoms with Crippen molar-refractivity contribution in [2.75, 3.05) is 12.3 Å². The summed E-state index contributed by atoms with van der Waals surface area (Å²) < 4.78 is 25.6. The van der Waals surface area contributed by atoms with Gasteiger partial charge >= 0.3 is 5.97 Å². The molecule has 0 unspecified atom stereocenters. The van der Waals surface area contributed by atoms with Crippen molar-refractivity contribution in [2.24, 2.45) is 0 Å². The molecular weight excluding hydrogens is 224 g/mol. The van der Waals surface area contributed by atoms with Gasteiger partial charge in [-0.15, -0.1) is 5.10 Å². The molecule has 2 N–H and O–H groups in total. The minimum atomic E-state index is -3.75. The minimum absolute atomic E-state index is 0.0823. The van der Waals surface area contributed by atoms with Crippen LogP contribution in [0.4, 0.5) is 0 Å². The van der Waals surface area contributed by atoms with Crippen LogP contribution in [0.2, 0.25) is 0 Å². The molecule has 0 bridgehead atoms. The zero-order valence-electron chi connectivity index (χ0n) is 7.70. The number of carboxylic acids is 1. The molecule has 0 radical (unpaired) electrons. The van der Waals surface area contributed by atoms with E-state index in [1.807, 2.05) is 0 Å². The van der Waals surface area contributed by atoms with E-state index in [9.17, 15) is 13.2 Å². The van der Waals surface area contributed by atoms with Crippen LogP contribution in [-0.4, -0.2) is 46.8 Å². The van der Waals surface area contributed by atoms with E-state index in [-0.39, 0.29) is 6.54 Å². The monoisotopic (exact) mass is 234 g/mol. The van der Waals surface area contributed by atoms with Crippen molar-refractivity contribution in [1.29, 1.82) is 0 Å². The van der Waals surface area contributed by atoms with Crippen molar-refractivity contribution < 1.29 is 18.3 Å². The number of hydrogen-bond donors (Lipinski definition) is 2. The van der Waals surface area contributed by atoms with Crippen LogP contribution in [-0.2, 0) is 21.4 Å². The maximum Gasteiger partial charge on any atom is 0.320 e. The Labute approximate surface area is 86.0 Å². The molecule has 0 aliphatic heterocycles. The highest BCUT2D eigenvalue weighted by Gasteiger charge is 2.14. The number of carboxylic acid groups (broad SMARTS) is 1. The van der Waals surface area contributed by atoms with Gasteiger partial charge in [-0.3, -0.25) is 9.48 Å². The fourth-order valence-electron chi connectivity index (χ4n) is 0.881. The van der Waals surface area contributed by atoms with E-state index in [1.165, 1.54) is 10.9 Å².